The lowest BCUT2D eigenvalue weighted by atomic mass is 9.54. The minimum Gasteiger partial charge on any atom is -0.480 e. The Kier molecular flexibility index (Phi) is 4.31. The van der Waals surface area contributed by atoms with Crippen molar-refractivity contribution in [1.82, 2.24) is 4.90 Å². The Morgan fingerprint density at radius 1 is 1.38 bits per heavy atom. The summed E-state index contributed by atoms with van der Waals surface area (Å²) in [6.07, 6.45) is 2.58. The van der Waals surface area contributed by atoms with Crippen molar-refractivity contribution in [3.8, 4) is 0 Å². The molecule has 3 N–H and O–H groups in total. The van der Waals surface area contributed by atoms with E-state index >= 15 is 0 Å². The van der Waals surface area contributed by atoms with Crippen LogP contribution in [0.15, 0.2) is 0 Å². The number of ether oxygens (including phenoxy) is 1. The highest BCUT2D eigenvalue weighted by Gasteiger charge is 2.64. The molecule has 0 radical (unpaired) electrons. The first-order valence-corrected chi connectivity index (χ1v) is 7.70. The predicted octanol–water partition coefficient (Wildman–Crippen LogP) is 0.985. The Balaban J connectivity index is 2.17. The van der Waals surface area contributed by atoms with Crippen LogP contribution in [0.3, 0.4) is 0 Å². The number of likely N-dealkylation sites (tertiary alicyclic amines) is 1. The van der Waals surface area contributed by atoms with Crippen LogP contribution in [0.2, 0.25) is 0 Å². The van der Waals surface area contributed by atoms with Gasteiger partial charge in [-0.3, -0.25) is 4.79 Å². The zero-order valence-corrected chi connectivity index (χ0v) is 13.1. The molecule has 1 amide bonds. The molecule has 1 aliphatic heterocycles. The Morgan fingerprint density at radius 2 is 2.05 bits per heavy atom. The molecule has 2 aliphatic rings. The number of nitrogens with zero attached hydrogens (tertiary/aromatic N) is 1. The van der Waals surface area contributed by atoms with Gasteiger partial charge in [0.25, 0.3) is 0 Å². The largest absolute Gasteiger partial charge is 0.480 e. The fraction of sp³-hybridized carbons (Fsp3) is 0.867. The summed E-state index contributed by atoms with van der Waals surface area (Å²) < 4.78 is 5.63. The monoisotopic (exact) mass is 298 g/mol. The number of hydrogen-bond acceptors (Lipinski definition) is 4. The van der Waals surface area contributed by atoms with Crippen LogP contribution in [-0.2, 0) is 14.3 Å². The predicted molar refractivity (Wildman–Crippen MR) is 77.7 cm³/mol. The summed E-state index contributed by atoms with van der Waals surface area (Å²) in [4.78, 5) is 25.7. The lowest BCUT2D eigenvalue weighted by Crippen LogP contribution is -2.77. The normalized spacial score (nSPS) is 35.1. The summed E-state index contributed by atoms with van der Waals surface area (Å²) in [5.74, 6) is -1.18. The minimum absolute atomic E-state index is 0.0514. The fourth-order valence-electron chi connectivity index (χ4n) is 3.49. The van der Waals surface area contributed by atoms with Gasteiger partial charge >= 0.3 is 5.97 Å². The molecule has 0 aromatic rings. The van der Waals surface area contributed by atoms with Gasteiger partial charge in [-0.1, -0.05) is 13.8 Å². The van der Waals surface area contributed by atoms with Crippen molar-refractivity contribution in [2.75, 3.05) is 13.2 Å². The molecule has 1 saturated carbocycles. The fourth-order valence-corrected chi connectivity index (χ4v) is 3.49. The van der Waals surface area contributed by atoms with Crippen molar-refractivity contribution in [1.29, 1.82) is 0 Å². The molecule has 6 nitrogen and oxygen atoms in total. The number of rotatable bonds is 4. The highest BCUT2D eigenvalue weighted by Crippen LogP contribution is 2.51. The molecule has 1 saturated heterocycles. The lowest BCUT2D eigenvalue weighted by molar-refractivity contribution is -0.184. The van der Waals surface area contributed by atoms with Gasteiger partial charge in [0.15, 0.2) is 0 Å². The second-order valence-corrected chi connectivity index (χ2v) is 6.69. The van der Waals surface area contributed by atoms with Crippen LogP contribution in [0, 0.1) is 5.41 Å². The second kappa shape index (κ2) is 5.57. The van der Waals surface area contributed by atoms with Crippen LogP contribution in [0.25, 0.3) is 0 Å². The second-order valence-electron chi connectivity index (χ2n) is 6.69. The van der Waals surface area contributed by atoms with E-state index in [0.29, 0.717) is 26.0 Å². The number of carboxylic acid groups (broad SMARTS) is 1. The quantitative estimate of drug-likeness (QED) is 0.807. The standard InChI is InChI=1S/C15H26N2O4/c1-4-21-11-9-15(16,14(11,2)3)13(20)17-8-6-5-7-10(17)12(18)19/h10-11H,4-9,16H2,1-3H3,(H,18,19). The first kappa shape index (κ1) is 16.2. The number of nitrogens with two attached hydrogens (primary N) is 1. The Bertz CT molecular complexity index is 437. The van der Waals surface area contributed by atoms with Crippen LogP contribution >= 0.6 is 0 Å². The van der Waals surface area contributed by atoms with E-state index in [1.54, 1.807) is 0 Å². The molecule has 3 unspecified atom stereocenters. The Morgan fingerprint density at radius 3 is 2.57 bits per heavy atom. The van der Waals surface area contributed by atoms with Crippen molar-refractivity contribution >= 4 is 11.9 Å². The molecule has 2 rings (SSSR count). The topological polar surface area (TPSA) is 92.9 Å². The lowest BCUT2D eigenvalue weighted by Gasteiger charge is -2.59. The molecule has 21 heavy (non-hydrogen) atoms. The van der Waals surface area contributed by atoms with Crippen LogP contribution in [0.1, 0.15) is 46.5 Å². The SMILES string of the molecule is CCOC1CC(N)(C(=O)N2CCCCC2C(=O)O)C1(C)C. The van der Waals surface area contributed by atoms with E-state index in [9.17, 15) is 14.7 Å². The van der Waals surface area contributed by atoms with E-state index in [-0.39, 0.29) is 12.0 Å². The van der Waals surface area contributed by atoms with Gasteiger partial charge in [0.1, 0.15) is 11.6 Å². The molecule has 0 spiro atoms. The van der Waals surface area contributed by atoms with Gasteiger partial charge in [-0.2, -0.15) is 0 Å². The Labute approximate surface area is 125 Å². The number of piperidine rings is 1. The van der Waals surface area contributed by atoms with Gasteiger partial charge in [-0.05, 0) is 26.2 Å². The third-order valence-electron chi connectivity index (χ3n) is 5.26. The molecular formula is C15H26N2O4. The number of aliphatic carboxylic acids is 1. The van der Waals surface area contributed by atoms with E-state index in [2.05, 4.69) is 0 Å². The van der Waals surface area contributed by atoms with Crippen molar-refractivity contribution in [3.63, 3.8) is 0 Å². The zero-order chi connectivity index (χ0) is 15.8. The van der Waals surface area contributed by atoms with E-state index in [1.165, 1.54) is 4.90 Å². The first-order chi connectivity index (χ1) is 9.75. The van der Waals surface area contributed by atoms with Gasteiger partial charge in [-0.15, -0.1) is 0 Å². The average molecular weight is 298 g/mol. The summed E-state index contributed by atoms with van der Waals surface area (Å²) in [6, 6.07) is -0.742. The zero-order valence-electron chi connectivity index (χ0n) is 13.1. The molecule has 0 aromatic carbocycles. The summed E-state index contributed by atoms with van der Waals surface area (Å²) in [5.41, 5.74) is 4.86. The molecule has 0 aromatic heterocycles. The van der Waals surface area contributed by atoms with Crippen LogP contribution < -0.4 is 5.73 Å². The molecule has 2 fully saturated rings. The van der Waals surface area contributed by atoms with E-state index in [1.807, 2.05) is 20.8 Å². The first-order valence-electron chi connectivity index (χ1n) is 7.70. The van der Waals surface area contributed by atoms with E-state index in [0.717, 1.165) is 12.8 Å². The maximum atomic E-state index is 12.9. The van der Waals surface area contributed by atoms with E-state index in [4.69, 9.17) is 10.5 Å². The molecule has 1 heterocycles. The smallest absolute Gasteiger partial charge is 0.326 e. The molecule has 1 aliphatic carbocycles. The van der Waals surface area contributed by atoms with Crippen LogP contribution in [0.5, 0.6) is 0 Å². The summed E-state index contributed by atoms with van der Waals surface area (Å²) >= 11 is 0. The van der Waals surface area contributed by atoms with Crippen LogP contribution in [-0.4, -0.2) is 52.7 Å². The molecule has 0 bridgehead atoms. The number of carbonyl (C=O) groups excluding carboxylic acids is 1. The van der Waals surface area contributed by atoms with Gasteiger partial charge in [0.05, 0.1) is 6.10 Å². The molecule has 6 heteroatoms. The van der Waals surface area contributed by atoms with Crippen LogP contribution in [0.4, 0.5) is 0 Å². The summed E-state index contributed by atoms with van der Waals surface area (Å²) in [7, 11) is 0. The average Bonchev–Trinajstić information content (AvgIpc) is 2.45. The van der Waals surface area contributed by atoms with E-state index < -0.39 is 23.0 Å². The van der Waals surface area contributed by atoms with Crippen molar-refractivity contribution < 1.29 is 19.4 Å². The summed E-state index contributed by atoms with van der Waals surface area (Å²) in [5, 5.41) is 9.32. The molecule has 3 atom stereocenters. The van der Waals surface area contributed by atoms with Gasteiger partial charge in [-0.25, -0.2) is 4.79 Å². The minimum atomic E-state index is -1.03. The highest BCUT2D eigenvalue weighted by molar-refractivity contribution is 5.92. The maximum absolute atomic E-state index is 12.9. The number of amides is 1. The molecule has 120 valence electrons. The molecular weight excluding hydrogens is 272 g/mol. The number of carboxylic acids is 1. The van der Waals surface area contributed by atoms with Gasteiger partial charge < -0.3 is 20.5 Å². The number of carbonyl (C=O) groups is 2. The third-order valence-corrected chi connectivity index (χ3v) is 5.26. The summed E-state index contributed by atoms with van der Waals surface area (Å²) in [6.45, 7) is 6.83. The third kappa shape index (κ3) is 2.44. The maximum Gasteiger partial charge on any atom is 0.326 e. The van der Waals surface area contributed by atoms with Gasteiger partial charge in [0.2, 0.25) is 5.91 Å². The van der Waals surface area contributed by atoms with Gasteiger partial charge in [0, 0.05) is 25.0 Å². The van der Waals surface area contributed by atoms with Crippen molar-refractivity contribution in [2.24, 2.45) is 11.1 Å². The van der Waals surface area contributed by atoms with Crippen molar-refractivity contribution in [2.45, 2.75) is 64.1 Å². The highest BCUT2D eigenvalue weighted by atomic mass is 16.5. The van der Waals surface area contributed by atoms with Crippen molar-refractivity contribution in [3.05, 3.63) is 0 Å². The Hall–Kier alpha value is -1.14. The number of hydrogen-bond donors (Lipinski definition) is 2.